The molecule has 0 amide bonds. The zero-order valence-corrected chi connectivity index (χ0v) is 11.4. The molecule has 0 N–H and O–H groups in total. The number of para-hydroxylation sites is 1. The number of hydrogen-bond donors (Lipinski definition) is 0. The maximum Gasteiger partial charge on any atom is 0.184 e. The molecule has 0 saturated carbocycles. The lowest BCUT2D eigenvalue weighted by atomic mass is 10.2. The van der Waals surface area contributed by atoms with Crippen LogP contribution in [0.2, 0.25) is 5.02 Å². The molecular weight excluding hydrogens is 325 g/mol. The van der Waals surface area contributed by atoms with E-state index in [-0.39, 0.29) is 16.5 Å². The van der Waals surface area contributed by atoms with Crippen LogP contribution in [-0.2, 0) is 5.33 Å². The molecule has 0 spiro atoms. The Hall–Kier alpha value is -1.13. The van der Waals surface area contributed by atoms with Gasteiger partial charge in [0.05, 0.1) is 5.02 Å². The van der Waals surface area contributed by atoms with Crippen LogP contribution in [0.25, 0.3) is 0 Å². The van der Waals surface area contributed by atoms with Gasteiger partial charge in [-0.05, 0) is 18.2 Å². The number of ether oxygens (including phenoxy) is 1. The minimum atomic E-state index is -0.706. The standard InChI is InChI=1S/C13H8BrClF2O/c14-7-8-3-1-5-10(16)13(8)18-11-6-2-4-9(15)12(11)17/h1-6H,7H2. The van der Waals surface area contributed by atoms with Crippen LogP contribution in [0.3, 0.4) is 0 Å². The van der Waals surface area contributed by atoms with Crippen LogP contribution < -0.4 is 4.74 Å². The molecule has 0 aliphatic carbocycles. The average Bonchev–Trinajstić information content (AvgIpc) is 2.37. The van der Waals surface area contributed by atoms with E-state index in [0.29, 0.717) is 10.9 Å². The molecule has 2 aromatic rings. The van der Waals surface area contributed by atoms with Gasteiger partial charge in [0.25, 0.3) is 0 Å². The van der Waals surface area contributed by atoms with Gasteiger partial charge in [0.2, 0.25) is 0 Å². The van der Waals surface area contributed by atoms with Crippen molar-refractivity contribution in [2.45, 2.75) is 5.33 Å². The maximum absolute atomic E-state index is 13.7. The summed E-state index contributed by atoms with van der Waals surface area (Å²) in [5.74, 6) is -1.36. The van der Waals surface area contributed by atoms with Crippen LogP contribution in [0.15, 0.2) is 36.4 Å². The minimum Gasteiger partial charge on any atom is -0.451 e. The van der Waals surface area contributed by atoms with Crippen LogP contribution in [0.1, 0.15) is 5.56 Å². The zero-order valence-electron chi connectivity index (χ0n) is 9.09. The quantitative estimate of drug-likeness (QED) is 0.692. The third kappa shape index (κ3) is 2.65. The Morgan fingerprint density at radius 3 is 2.56 bits per heavy atom. The molecule has 0 aliphatic rings. The van der Waals surface area contributed by atoms with E-state index in [1.807, 2.05) is 0 Å². The van der Waals surface area contributed by atoms with Crippen molar-refractivity contribution in [3.05, 3.63) is 58.6 Å². The smallest absolute Gasteiger partial charge is 0.184 e. The Balaban J connectivity index is 2.43. The van der Waals surface area contributed by atoms with Gasteiger partial charge in [0.1, 0.15) is 0 Å². The van der Waals surface area contributed by atoms with Crippen LogP contribution in [0.5, 0.6) is 11.5 Å². The molecule has 0 bridgehead atoms. The fourth-order valence-electron chi connectivity index (χ4n) is 1.45. The first-order chi connectivity index (χ1) is 8.63. The number of halogens is 4. The van der Waals surface area contributed by atoms with Gasteiger partial charge >= 0.3 is 0 Å². The predicted octanol–water partition coefficient (Wildman–Crippen LogP) is 5.31. The van der Waals surface area contributed by atoms with Crippen molar-refractivity contribution >= 4 is 27.5 Å². The number of hydrogen-bond acceptors (Lipinski definition) is 1. The van der Waals surface area contributed by atoms with Crippen LogP contribution in [0.4, 0.5) is 8.78 Å². The molecule has 18 heavy (non-hydrogen) atoms. The SMILES string of the molecule is Fc1cccc(CBr)c1Oc1cccc(Cl)c1F. The summed E-state index contributed by atoms with van der Waals surface area (Å²) in [4.78, 5) is 0. The number of alkyl halides is 1. The molecule has 0 aromatic heterocycles. The highest BCUT2D eigenvalue weighted by Crippen LogP contribution is 2.33. The molecule has 0 aliphatic heterocycles. The van der Waals surface area contributed by atoms with E-state index in [9.17, 15) is 8.78 Å². The van der Waals surface area contributed by atoms with Crippen molar-refractivity contribution in [1.82, 2.24) is 0 Å². The third-order valence-corrected chi connectivity index (χ3v) is 3.22. The normalized spacial score (nSPS) is 10.4. The highest BCUT2D eigenvalue weighted by molar-refractivity contribution is 9.08. The zero-order chi connectivity index (χ0) is 13.1. The minimum absolute atomic E-state index is 0.00413. The molecule has 5 heteroatoms. The number of benzene rings is 2. The Morgan fingerprint density at radius 1 is 1.11 bits per heavy atom. The van der Waals surface area contributed by atoms with E-state index in [2.05, 4.69) is 15.9 Å². The summed E-state index contributed by atoms with van der Waals surface area (Å²) in [5, 5.41) is 0.340. The van der Waals surface area contributed by atoms with Crippen molar-refractivity contribution in [3.8, 4) is 11.5 Å². The number of rotatable bonds is 3. The fraction of sp³-hybridized carbons (Fsp3) is 0.0769. The molecule has 94 valence electrons. The molecular formula is C13H8BrClF2O. The molecule has 0 atom stereocenters. The second kappa shape index (κ2) is 5.67. The van der Waals surface area contributed by atoms with Crippen molar-refractivity contribution < 1.29 is 13.5 Å². The molecule has 0 fully saturated rings. The van der Waals surface area contributed by atoms with Gasteiger partial charge < -0.3 is 4.74 Å². The molecule has 0 heterocycles. The molecule has 2 rings (SSSR count). The second-order valence-corrected chi connectivity index (χ2v) is 4.48. The Labute approximate surface area is 116 Å². The average molecular weight is 334 g/mol. The summed E-state index contributed by atoms with van der Waals surface area (Å²) < 4.78 is 32.6. The van der Waals surface area contributed by atoms with E-state index in [1.165, 1.54) is 24.3 Å². The van der Waals surface area contributed by atoms with Gasteiger partial charge in [-0.2, -0.15) is 0 Å². The van der Waals surface area contributed by atoms with Crippen molar-refractivity contribution in [2.75, 3.05) is 0 Å². The Morgan fingerprint density at radius 2 is 1.83 bits per heavy atom. The van der Waals surface area contributed by atoms with E-state index in [4.69, 9.17) is 16.3 Å². The summed E-state index contributed by atoms with van der Waals surface area (Å²) in [6, 6.07) is 8.84. The summed E-state index contributed by atoms with van der Waals surface area (Å²) in [6.07, 6.45) is 0. The Kier molecular flexibility index (Phi) is 4.19. The summed E-state index contributed by atoms with van der Waals surface area (Å²) >= 11 is 8.86. The largest absolute Gasteiger partial charge is 0.451 e. The topological polar surface area (TPSA) is 9.23 Å². The molecule has 1 nitrogen and oxygen atoms in total. The van der Waals surface area contributed by atoms with E-state index in [0.717, 1.165) is 0 Å². The van der Waals surface area contributed by atoms with E-state index in [1.54, 1.807) is 12.1 Å². The van der Waals surface area contributed by atoms with Gasteiger partial charge in [0, 0.05) is 10.9 Å². The summed E-state index contributed by atoms with van der Waals surface area (Å²) in [7, 11) is 0. The maximum atomic E-state index is 13.7. The molecule has 0 radical (unpaired) electrons. The van der Waals surface area contributed by atoms with Gasteiger partial charge in [-0.3, -0.25) is 0 Å². The Bertz CT molecular complexity index is 575. The molecule has 0 unspecified atom stereocenters. The first kappa shape index (κ1) is 13.3. The van der Waals surface area contributed by atoms with Gasteiger partial charge in [-0.1, -0.05) is 45.7 Å². The highest BCUT2D eigenvalue weighted by atomic mass is 79.9. The lowest BCUT2D eigenvalue weighted by Gasteiger charge is -2.11. The second-order valence-electron chi connectivity index (χ2n) is 3.52. The molecule has 2 aromatic carbocycles. The predicted molar refractivity (Wildman–Crippen MR) is 70.5 cm³/mol. The van der Waals surface area contributed by atoms with E-state index < -0.39 is 11.6 Å². The van der Waals surface area contributed by atoms with Crippen molar-refractivity contribution in [3.63, 3.8) is 0 Å². The summed E-state index contributed by atoms with van der Waals surface area (Å²) in [5.41, 5.74) is 0.592. The first-order valence-electron chi connectivity index (χ1n) is 5.08. The highest BCUT2D eigenvalue weighted by Gasteiger charge is 2.14. The van der Waals surface area contributed by atoms with Crippen LogP contribution in [0, 0.1) is 11.6 Å². The monoisotopic (exact) mass is 332 g/mol. The lowest BCUT2D eigenvalue weighted by molar-refractivity contribution is 0.411. The fourth-order valence-corrected chi connectivity index (χ4v) is 2.05. The molecule has 0 saturated heterocycles. The van der Waals surface area contributed by atoms with Crippen molar-refractivity contribution in [1.29, 1.82) is 0 Å². The van der Waals surface area contributed by atoms with Crippen molar-refractivity contribution in [2.24, 2.45) is 0 Å². The lowest BCUT2D eigenvalue weighted by Crippen LogP contribution is -1.95. The van der Waals surface area contributed by atoms with Gasteiger partial charge in [-0.25, -0.2) is 8.78 Å². The van der Waals surface area contributed by atoms with E-state index >= 15 is 0 Å². The van der Waals surface area contributed by atoms with Gasteiger partial charge in [-0.15, -0.1) is 0 Å². The first-order valence-corrected chi connectivity index (χ1v) is 6.58. The van der Waals surface area contributed by atoms with Crippen LogP contribution >= 0.6 is 27.5 Å². The van der Waals surface area contributed by atoms with Crippen LogP contribution in [-0.4, -0.2) is 0 Å². The summed E-state index contributed by atoms with van der Waals surface area (Å²) in [6.45, 7) is 0. The third-order valence-electron chi connectivity index (χ3n) is 2.32. The van der Waals surface area contributed by atoms with Gasteiger partial charge in [0.15, 0.2) is 23.1 Å².